The van der Waals surface area contributed by atoms with Gasteiger partial charge in [-0.3, -0.25) is 0 Å². The van der Waals surface area contributed by atoms with Crippen LogP contribution < -0.4 is 4.74 Å². The summed E-state index contributed by atoms with van der Waals surface area (Å²) in [6.07, 6.45) is 0. The summed E-state index contributed by atoms with van der Waals surface area (Å²) in [7, 11) is 0. The number of carboxylic acid groups (broad SMARTS) is 1. The third-order valence-electron chi connectivity index (χ3n) is 1.38. The van der Waals surface area contributed by atoms with E-state index in [0.29, 0.717) is 11.5 Å². The predicted molar refractivity (Wildman–Crippen MR) is 37.1 cm³/mol. The van der Waals surface area contributed by atoms with Crippen LogP contribution in [0.4, 0.5) is 0 Å². The van der Waals surface area contributed by atoms with Gasteiger partial charge >= 0.3 is 5.97 Å². The largest absolute Gasteiger partial charge is 0.478 e. The minimum absolute atomic E-state index is 0. The fraction of sp³-hybridized carbons (Fsp3) is 0. The van der Waals surface area contributed by atoms with Crippen LogP contribution in [-0.2, 0) is 0 Å². The molecule has 0 radical (unpaired) electrons. The molecule has 0 fully saturated rings. The van der Waals surface area contributed by atoms with Crippen molar-refractivity contribution in [2.45, 2.75) is 0 Å². The van der Waals surface area contributed by atoms with Gasteiger partial charge in [0.05, 0.1) is 0 Å². The molecule has 2 rings (SSSR count). The van der Waals surface area contributed by atoms with Gasteiger partial charge in [0.1, 0.15) is 5.56 Å². The average Bonchev–Trinajstić information content (AvgIpc) is 2.63. The Kier molecular flexibility index (Phi) is 1.54. The van der Waals surface area contributed by atoms with Crippen LogP contribution in [0.3, 0.4) is 0 Å². The maximum Gasteiger partial charge on any atom is 0.339 e. The number of carbonyl (C=O) groups is 1. The van der Waals surface area contributed by atoms with Crippen LogP contribution >= 0.6 is 0 Å². The van der Waals surface area contributed by atoms with E-state index in [2.05, 4.69) is 0 Å². The van der Waals surface area contributed by atoms with Gasteiger partial charge in [-0.15, -0.1) is 0 Å². The maximum absolute atomic E-state index is 10.4. The molecule has 0 aliphatic carbocycles. The highest BCUT2D eigenvalue weighted by atomic mass is 16.6. The first kappa shape index (κ1) is 7.56. The van der Waals surface area contributed by atoms with Crippen molar-refractivity contribution in [1.82, 2.24) is 0 Å². The lowest BCUT2D eigenvalue weighted by Gasteiger charge is -1.84. The van der Waals surface area contributed by atoms with Crippen LogP contribution in [0.5, 0.6) is 11.5 Å². The van der Waals surface area contributed by atoms with E-state index in [4.69, 9.17) is 9.84 Å². The van der Waals surface area contributed by atoms with Gasteiger partial charge in [0.15, 0.2) is 11.5 Å². The Bertz CT molecular complexity index is 305. The molecule has 3 N–H and O–H groups in total. The lowest BCUT2D eigenvalue weighted by Crippen LogP contribution is -1.92. The van der Waals surface area contributed by atoms with Gasteiger partial charge in [-0.25, -0.2) is 4.79 Å². The Morgan fingerprint density at radius 1 is 1.45 bits per heavy atom. The fourth-order valence-electron chi connectivity index (χ4n) is 0.858. The Morgan fingerprint density at radius 3 is 2.73 bits per heavy atom. The summed E-state index contributed by atoms with van der Waals surface area (Å²) in [5.74, 6) is 0.254. The standard InChI is InChI=1S/C7H4O3.H2O/c8-7(9)4-2-1-3-5-6(4)10-5;/h1-3H,(H,8,9);1H2. The van der Waals surface area contributed by atoms with Gasteiger partial charge in [0.25, 0.3) is 0 Å². The molecule has 0 amide bonds. The Balaban J connectivity index is 0.000000605. The lowest BCUT2D eigenvalue weighted by molar-refractivity contribution is 0.0696. The number of carboxylic acids is 1. The molecule has 0 unspecified atom stereocenters. The van der Waals surface area contributed by atoms with E-state index in [1.165, 1.54) is 6.07 Å². The highest BCUT2D eigenvalue weighted by Gasteiger charge is 2.26. The van der Waals surface area contributed by atoms with Crippen molar-refractivity contribution in [2.24, 2.45) is 0 Å². The number of aromatic carboxylic acids is 1. The number of fused-ring (bicyclic) bond motifs is 1. The van der Waals surface area contributed by atoms with E-state index < -0.39 is 5.97 Å². The lowest BCUT2D eigenvalue weighted by atomic mass is 10.2. The van der Waals surface area contributed by atoms with Gasteiger partial charge in [-0.05, 0) is 12.1 Å². The molecule has 1 aromatic carbocycles. The molecule has 1 aliphatic heterocycles. The molecule has 1 aliphatic rings. The van der Waals surface area contributed by atoms with E-state index in [9.17, 15) is 4.79 Å². The summed E-state index contributed by atoms with van der Waals surface area (Å²) in [5.41, 5.74) is 0.248. The molecule has 1 heterocycles. The molecule has 1 aromatic rings. The van der Waals surface area contributed by atoms with Gasteiger partial charge in [0, 0.05) is 0 Å². The zero-order valence-corrected chi connectivity index (χ0v) is 5.50. The van der Waals surface area contributed by atoms with Crippen molar-refractivity contribution in [3.05, 3.63) is 23.8 Å². The highest BCUT2D eigenvalue weighted by Crippen LogP contribution is 2.47. The Morgan fingerprint density at radius 2 is 2.18 bits per heavy atom. The van der Waals surface area contributed by atoms with E-state index in [-0.39, 0.29) is 11.0 Å². The van der Waals surface area contributed by atoms with Crippen molar-refractivity contribution < 1.29 is 20.1 Å². The summed E-state index contributed by atoms with van der Waals surface area (Å²) < 4.78 is 4.85. The number of ether oxygens (including phenoxy) is 1. The van der Waals surface area contributed by atoms with Gasteiger partial charge in [0.2, 0.25) is 0 Å². The molecule has 58 valence electrons. The van der Waals surface area contributed by atoms with E-state index in [1.54, 1.807) is 12.1 Å². The monoisotopic (exact) mass is 154 g/mol. The maximum atomic E-state index is 10.4. The molecule has 4 heteroatoms. The minimum atomic E-state index is -0.936. The first-order chi connectivity index (χ1) is 4.79. The number of hydrogen-bond acceptors (Lipinski definition) is 2. The van der Waals surface area contributed by atoms with Crippen LogP contribution in [0.2, 0.25) is 0 Å². The zero-order valence-electron chi connectivity index (χ0n) is 5.50. The van der Waals surface area contributed by atoms with Gasteiger partial charge < -0.3 is 15.3 Å². The Labute approximate surface area is 62.3 Å². The summed E-state index contributed by atoms with van der Waals surface area (Å²) in [5, 5.41) is 8.52. The summed E-state index contributed by atoms with van der Waals surface area (Å²) in [4.78, 5) is 10.4. The number of hydrogen-bond donors (Lipinski definition) is 1. The summed E-state index contributed by atoms with van der Waals surface area (Å²) >= 11 is 0. The van der Waals surface area contributed by atoms with E-state index in [0.717, 1.165) is 0 Å². The van der Waals surface area contributed by atoms with Gasteiger partial charge in [-0.1, -0.05) is 6.07 Å². The SMILES string of the molecule is O.O=C(O)c1cccc2c1O2. The Hall–Kier alpha value is -1.55. The third-order valence-corrected chi connectivity index (χ3v) is 1.38. The van der Waals surface area contributed by atoms with Crippen molar-refractivity contribution in [3.8, 4) is 11.5 Å². The second-order valence-electron chi connectivity index (χ2n) is 2.04. The van der Waals surface area contributed by atoms with Crippen molar-refractivity contribution in [2.75, 3.05) is 0 Å². The van der Waals surface area contributed by atoms with Crippen molar-refractivity contribution in [3.63, 3.8) is 0 Å². The molecular formula is C7H6O4. The molecular weight excluding hydrogens is 148 g/mol. The highest BCUT2D eigenvalue weighted by molar-refractivity contribution is 5.94. The topological polar surface area (TPSA) is 81.3 Å². The first-order valence-corrected chi connectivity index (χ1v) is 2.83. The summed E-state index contributed by atoms with van der Waals surface area (Å²) in [6.45, 7) is 0. The molecule has 0 spiro atoms. The predicted octanol–water partition coefficient (Wildman–Crippen LogP) is 0.666. The fourth-order valence-corrected chi connectivity index (χ4v) is 0.858. The molecule has 4 nitrogen and oxygen atoms in total. The molecule has 0 bridgehead atoms. The zero-order chi connectivity index (χ0) is 7.14. The number of benzene rings is 1. The third kappa shape index (κ3) is 1.03. The van der Waals surface area contributed by atoms with E-state index >= 15 is 0 Å². The molecule has 0 atom stereocenters. The second kappa shape index (κ2) is 2.25. The average molecular weight is 154 g/mol. The summed E-state index contributed by atoms with van der Waals surface area (Å²) in [6, 6.07) is 4.92. The normalized spacial score (nSPS) is 10.5. The number of rotatable bonds is 1. The van der Waals surface area contributed by atoms with Crippen molar-refractivity contribution in [1.29, 1.82) is 0 Å². The quantitative estimate of drug-likeness (QED) is 0.612. The van der Waals surface area contributed by atoms with Crippen LogP contribution in [-0.4, -0.2) is 16.6 Å². The molecule has 0 saturated heterocycles. The molecule has 0 aromatic heterocycles. The second-order valence-corrected chi connectivity index (χ2v) is 2.04. The first-order valence-electron chi connectivity index (χ1n) is 2.83. The smallest absolute Gasteiger partial charge is 0.339 e. The molecule has 0 saturated carbocycles. The molecule has 11 heavy (non-hydrogen) atoms. The van der Waals surface area contributed by atoms with Crippen LogP contribution in [0.1, 0.15) is 10.4 Å². The number of para-hydroxylation sites is 1. The van der Waals surface area contributed by atoms with Crippen LogP contribution in [0.25, 0.3) is 0 Å². The minimum Gasteiger partial charge on any atom is -0.478 e. The van der Waals surface area contributed by atoms with E-state index in [1.807, 2.05) is 0 Å². The van der Waals surface area contributed by atoms with Crippen molar-refractivity contribution >= 4 is 5.97 Å². The van der Waals surface area contributed by atoms with Crippen LogP contribution in [0, 0.1) is 0 Å². The van der Waals surface area contributed by atoms with Gasteiger partial charge in [-0.2, -0.15) is 0 Å². The van der Waals surface area contributed by atoms with Crippen LogP contribution in [0.15, 0.2) is 18.2 Å².